The molecule has 0 fully saturated rings. The Bertz CT molecular complexity index is 2740. The Labute approximate surface area is 256 Å². The Morgan fingerprint density at radius 2 is 0.978 bits per heavy atom. The van der Waals surface area contributed by atoms with Crippen LogP contribution in [-0.4, -0.2) is 18.5 Å². The summed E-state index contributed by atoms with van der Waals surface area (Å²) in [6.07, 6.45) is 0. The van der Waals surface area contributed by atoms with Crippen molar-refractivity contribution in [3.05, 3.63) is 166 Å². The molecule has 6 heteroatoms. The number of fused-ring (bicyclic) bond motifs is 7. The van der Waals surface area contributed by atoms with E-state index in [2.05, 4.69) is 71.3 Å². The highest BCUT2D eigenvalue weighted by molar-refractivity contribution is 6.10. The Hall–Kier alpha value is -6.27. The number of hydrogen-bond acceptors (Lipinski definition) is 3. The van der Waals surface area contributed by atoms with Crippen LogP contribution in [0.3, 0.4) is 0 Å². The van der Waals surface area contributed by atoms with Crippen LogP contribution in [0.15, 0.2) is 155 Å². The molecule has 0 saturated carbocycles. The lowest BCUT2D eigenvalue weighted by atomic mass is 10.0. The van der Waals surface area contributed by atoms with Crippen molar-refractivity contribution in [3.63, 3.8) is 0 Å². The Balaban J connectivity index is 1.33. The molecule has 0 aliphatic heterocycles. The van der Waals surface area contributed by atoms with Crippen LogP contribution in [0.4, 0.5) is 0 Å². The summed E-state index contributed by atoms with van der Waals surface area (Å²) < 4.78 is 5.38. The van der Waals surface area contributed by atoms with E-state index in [9.17, 15) is 9.59 Å². The van der Waals surface area contributed by atoms with Crippen molar-refractivity contribution in [3.8, 4) is 22.5 Å². The maximum absolute atomic E-state index is 14.3. The van der Waals surface area contributed by atoms with Crippen molar-refractivity contribution in [1.29, 1.82) is 0 Å². The van der Waals surface area contributed by atoms with Crippen molar-refractivity contribution in [1.82, 2.24) is 18.5 Å². The number of para-hydroxylation sites is 4. The Morgan fingerprint density at radius 1 is 0.422 bits per heavy atom. The average molecular weight is 581 g/mol. The maximum Gasteiger partial charge on any atom is 0.267 e. The number of rotatable bonds is 3. The minimum atomic E-state index is -0.234. The minimum absolute atomic E-state index is 0.215. The lowest BCUT2D eigenvalue weighted by Gasteiger charge is -2.15. The van der Waals surface area contributed by atoms with Crippen molar-refractivity contribution < 1.29 is 0 Å². The molecule has 6 aromatic carbocycles. The molecule has 9 rings (SSSR count). The van der Waals surface area contributed by atoms with E-state index in [0.717, 1.165) is 38.6 Å². The van der Waals surface area contributed by atoms with Crippen molar-refractivity contribution >= 4 is 49.4 Å². The van der Waals surface area contributed by atoms with Gasteiger partial charge in [0.2, 0.25) is 5.78 Å². The van der Waals surface area contributed by atoms with Gasteiger partial charge in [-0.1, -0.05) is 78.9 Å². The van der Waals surface area contributed by atoms with Crippen LogP contribution in [0.25, 0.3) is 71.9 Å². The summed E-state index contributed by atoms with van der Waals surface area (Å²) in [7, 11) is 0. The van der Waals surface area contributed by atoms with Gasteiger partial charge in [0, 0.05) is 16.5 Å². The smallest absolute Gasteiger partial charge is 0.267 e. The van der Waals surface area contributed by atoms with E-state index in [1.807, 2.05) is 66.7 Å². The minimum Gasteiger partial charge on any atom is -0.309 e. The number of nitrogens with zero attached hydrogens (tertiary/aromatic N) is 4. The van der Waals surface area contributed by atoms with Gasteiger partial charge >= 0.3 is 0 Å². The van der Waals surface area contributed by atoms with E-state index < -0.39 is 0 Å². The highest BCUT2D eigenvalue weighted by Crippen LogP contribution is 2.35. The lowest BCUT2D eigenvalue weighted by Crippen LogP contribution is -2.28. The van der Waals surface area contributed by atoms with Gasteiger partial charge in [0.05, 0.1) is 38.5 Å². The molecule has 45 heavy (non-hydrogen) atoms. The number of aromatic nitrogens is 4. The summed E-state index contributed by atoms with van der Waals surface area (Å²) >= 11 is 0. The van der Waals surface area contributed by atoms with Gasteiger partial charge in [0.15, 0.2) is 0 Å². The topological polar surface area (TPSA) is 61.3 Å². The van der Waals surface area contributed by atoms with Gasteiger partial charge in [-0.05, 0) is 77.9 Å². The third-order valence-electron chi connectivity index (χ3n) is 8.66. The summed E-state index contributed by atoms with van der Waals surface area (Å²) in [6.45, 7) is 0. The first kappa shape index (κ1) is 25.2. The van der Waals surface area contributed by atoms with Gasteiger partial charge in [-0.15, -0.1) is 0 Å². The second-order valence-electron chi connectivity index (χ2n) is 11.2. The van der Waals surface area contributed by atoms with Crippen LogP contribution >= 0.6 is 0 Å². The Morgan fingerprint density at radius 3 is 1.71 bits per heavy atom. The normalized spacial score (nSPS) is 11.7. The monoisotopic (exact) mass is 580 g/mol. The molecule has 3 heterocycles. The zero-order valence-corrected chi connectivity index (χ0v) is 24.0. The summed E-state index contributed by atoms with van der Waals surface area (Å²) in [6, 6.07) is 47.6. The van der Waals surface area contributed by atoms with Crippen molar-refractivity contribution in [2.45, 2.75) is 0 Å². The lowest BCUT2D eigenvalue weighted by molar-refractivity contribution is 0.942. The fraction of sp³-hybridized carbons (Fsp3) is 0. The molecule has 212 valence electrons. The van der Waals surface area contributed by atoms with Crippen molar-refractivity contribution in [2.75, 3.05) is 0 Å². The molecular formula is C39H24N4O2. The zero-order chi connectivity index (χ0) is 30.1. The highest BCUT2D eigenvalue weighted by Gasteiger charge is 2.18. The van der Waals surface area contributed by atoms with E-state index in [1.54, 1.807) is 16.5 Å². The SMILES string of the molecule is O=c1c2cc(-c3ccc4c(c3)c3ccccc3n4-c3ccccc3)ccc2n2c(=O)c3ccccc3nc2n1-c1ccccc1. The van der Waals surface area contributed by atoms with E-state index in [4.69, 9.17) is 4.98 Å². The number of hydrogen-bond donors (Lipinski definition) is 0. The van der Waals surface area contributed by atoms with Crippen LogP contribution in [0.2, 0.25) is 0 Å². The van der Waals surface area contributed by atoms with Crippen molar-refractivity contribution in [2.24, 2.45) is 0 Å². The fourth-order valence-corrected chi connectivity index (χ4v) is 6.60. The fourth-order valence-electron chi connectivity index (χ4n) is 6.60. The van der Waals surface area contributed by atoms with Gasteiger partial charge in [0.25, 0.3) is 11.1 Å². The second kappa shape index (κ2) is 9.62. The molecule has 3 aromatic heterocycles. The molecule has 0 N–H and O–H groups in total. The highest BCUT2D eigenvalue weighted by atomic mass is 16.1. The molecule has 0 aliphatic rings. The first-order valence-electron chi connectivity index (χ1n) is 14.8. The van der Waals surface area contributed by atoms with E-state index in [1.165, 1.54) is 4.57 Å². The molecule has 0 spiro atoms. The van der Waals surface area contributed by atoms with Crippen LogP contribution in [-0.2, 0) is 0 Å². The second-order valence-corrected chi connectivity index (χ2v) is 11.2. The van der Waals surface area contributed by atoms with E-state index in [0.29, 0.717) is 27.5 Å². The molecule has 9 aromatic rings. The third-order valence-corrected chi connectivity index (χ3v) is 8.66. The van der Waals surface area contributed by atoms with E-state index in [-0.39, 0.29) is 16.9 Å². The first-order chi connectivity index (χ1) is 22.2. The third kappa shape index (κ3) is 3.72. The largest absolute Gasteiger partial charge is 0.309 e. The molecule has 0 bridgehead atoms. The van der Waals surface area contributed by atoms with Crippen LogP contribution in [0.5, 0.6) is 0 Å². The summed E-state index contributed by atoms with van der Waals surface area (Å²) in [4.78, 5) is 33.1. The van der Waals surface area contributed by atoms with Gasteiger partial charge in [-0.3, -0.25) is 9.59 Å². The summed E-state index contributed by atoms with van der Waals surface area (Å²) in [5.74, 6) is 0.283. The standard InChI is InChI=1S/C39H24N4O2/c44-37-30-16-7-9-17-33(30)40-39-42(28-13-5-2-6-14-28)38(45)32-24-26(20-22-36(32)43(37)39)25-19-21-35-31(23-25)29-15-8-10-18-34(29)41(35)27-11-3-1-4-12-27/h1-24H. The predicted molar refractivity (Wildman–Crippen MR) is 182 cm³/mol. The zero-order valence-electron chi connectivity index (χ0n) is 24.0. The molecule has 0 saturated heterocycles. The molecule has 6 nitrogen and oxygen atoms in total. The van der Waals surface area contributed by atoms with Crippen LogP contribution in [0.1, 0.15) is 0 Å². The van der Waals surface area contributed by atoms with Crippen LogP contribution in [0, 0.1) is 0 Å². The van der Waals surface area contributed by atoms with Gasteiger partial charge in [-0.25, -0.2) is 14.0 Å². The first-order valence-corrected chi connectivity index (χ1v) is 14.8. The average Bonchev–Trinajstić information content (AvgIpc) is 3.43. The molecule has 0 atom stereocenters. The quantitative estimate of drug-likeness (QED) is 0.158. The predicted octanol–water partition coefficient (Wildman–Crippen LogP) is 7.92. The van der Waals surface area contributed by atoms with Crippen LogP contribution < -0.4 is 11.1 Å². The molecule has 0 amide bonds. The van der Waals surface area contributed by atoms with Gasteiger partial charge < -0.3 is 4.57 Å². The molecule has 0 radical (unpaired) electrons. The molecule has 0 unspecified atom stereocenters. The number of benzene rings is 6. The van der Waals surface area contributed by atoms with Gasteiger partial charge in [-0.2, -0.15) is 0 Å². The van der Waals surface area contributed by atoms with E-state index >= 15 is 0 Å². The Kier molecular flexibility index (Phi) is 5.40. The maximum atomic E-state index is 14.3. The summed E-state index contributed by atoms with van der Waals surface area (Å²) in [5, 5.41) is 3.22. The summed E-state index contributed by atoms with van der Waals surface area (Å²) in [5.41, 5.74) is 6.47. The van der Waals surface area contributed by atoms with Gasteiger partial charge in [0.1, 0.15) is 0 Å². The molecule has 0 aliphatic carbocycles. The molecular weight excluding hydrogens is 556 g/mol.